The van der Waals surface area contributed by atoms with Crippen molar-refractivity contribution in [3.05, 3.63) is 0 Å². The van der Waals surface area contributed by atoms with Crippen LogP contribution >= 0.6 is 0 Å². The molecule has 0 bridgehead atoms. The number of carbonyl (C=O) groups is 1. The summed E-state index contributed by atoms with van der Waals surface area (Å²) in [5.41, 5.74) is 0.313. The molecule has 2 nitrogen and oxygen atoms in total. The molecule has 0 radical (unpaired) electrons. The predicted molar refractivity (Wildman–Crippen MR) is 52.3 cm³/mol. The minimum atomic E-state index is 0.0767. The van der Waals surface area contributed by atoms with Crippen molar-refractivity contribution in [2.45, 2.75) is 47.1 Å². The molecule has 2 atom stereocenters. The van der Waals surface area contributed by atoms with Crippen molar-refractivity contribution in [1.82, 2.24) is 0 Å². The van der Waals surface area contributed by atoms with E-state index >= 15 is 0 Å². The van der Waals surface area contributed by atoms with Gasteiger partial charge in [0.05, 0.1) is 0 Å². The lowest BCUT2D eigenvalue weighted by molar-refractivity contribution is -0.139. The summed E-state index contributed by atoms with van der Waals surface area (Å²) in [6, 6.07) is 0. The first-order valence-corrected chi connectivity index (χ1v) is 4.93. The number of hydrogen-bond donors (Lipinski definition) is 0. The molecule has 1 aliphatic rings. The molecule has 0 aromatic heterocycles. The van der Waals surface area contributed by atoms with Crippen molar-refractivity contribution < 1.29 is 9.53 Å². The van der Waals surface area contributed by atoms with Gasteiger partial charge in [0.15, 0.2) is 0 Å². The van der Waals surface area contributed by atoms with Crippen LogP contribution < -0.4 is 0 Å². The number of ether oxygens (including phenoxy) is 1. The van der Waals surface area contributed by atoms with E-state index in [1.807, 2.05) is 0 Å². The summed E-state index contributed by atoms with van der Waals surface area (Å²) >= 11 is 0. The van der Waals surface area contributed by atoms with E-state index in [-0.39, 0.29) is 16.9 Å². The maximum Gasteiger partial charge on any atom is 0.293 e. The van der Waals surface area contributed by atoms with E-state index in [9.17, 15) is 4.79 Å². The van der Waals surface area contributed by atoms with E-state index < -0.39 is 0 Å². The Morgan fingerprint density at radius 3 is 2.08 bits per heavy atom. The lowest BCUT2D eigenvalue weighted by Gasteiger charge is -2.39. The molecule has 0 amide bonds. The molecule has 0 aromatic rings. The van der Waals surface area contributed by atoms with E-state index in [4.69, 9.17) is 4.74 Å². The zero-order valence-electron chi connectivity index (χ0n) is 9.26. The molecular weight excluding hydrogens is 164 g/mol. The number of rotatable bonds is 2. The van der Waals surface area contributed by atoms with E-state index in [1.54, 1.807) is 0 Å². The zero-order chi connectivity index (χ0) is 10.3. The van der Waals surface area contributed by atoms with Crippen LogP contribution in [0, 0.1) is 16.7 Å². The van der Waals surface area contributed by atoms with E-state index in [0.717, 1.165) is 6.42 Å². The van der Waals surface area contributed by atoms with Crippen molar-refractivity contribution in [1.29, 1.82) is 0 Å². The molecule has 1 aliphatic carbocycles. The van der Waals surface area contributed by atoms with Crippen LogP contribution in [0.1, 0.15) is 41.0 Å². The maximum absolute atomic E-state index is 10.3. The molecular formula is C11H20O2. The quantitative estimate of drug-likeness (QED) is 0.617. The summed E-state index contributed by atoms with van der Waals surface area (Å²) in [6.45, 7) is 11.7. The van der Waals surface area contributed by atoms with Gasteiger partial charge in [0.1, 0.15) is 6.10 Å². The van der Waals surface area contributed by atoms with E-state index in [1.165, 1.54) is 0 Å². The molecule has 1 saturated carbocycles. The van der Waals surface area contributed by atoms with Crippen LogP contribution in [0.4, 0.5) is 0 Å². The summed E-state index contributed by atoms with van der Waals surface area (Å²) in [4.78, 5) is 10.3. The highest BCUT2D eigenvalue weighted by Crippen LogP contribution is 2.56. The highest BCUT2D eigenvalue weighted by atomic mass is 16.5. The second-order valence-electron chi connectivity index (χ2n) is 5.30. The van der Waals surface area contributed by atoms with Gasteiger partial charge in [0, 0.05) is 5.41 Å². The van der Waals surface area contributed by atoms with Crippen molar-refractivity contribution in [2.75, 3.05) is 0 Å². The zero-order valence-corrected chi connectivity index (χ0v) is 9.26. The van der Waals surface area contributed by atoms with Crippen LogP contribution in [-0.4, -0.2) is 12.6 Å². The largest absolute Gasteiger partial charge is 0.464 e. The van der Waals surface area contributed by atoms with Crippen LogP contribution in [0.25, 0.3) is 0 Å². The summed E-state index contributed by atoms with van der Waals surface area (Å²) in [7, 11) is 0. The molecule has 1 rings (SSSR count). The van der Waals surface area contributed by atoms with E-state index in [2.05, 4.69) is 34.6 Å². The Labute approximate surface area is 80.7 Å². The molecule has 13 heavy (non-hydrogen) atoms. The first-order chi connectivity index (χ1) is 5.84. The van der Waals surface area contributed by atoms with Crippen LogP contribution in [-0.2, 0) is 9.53 Å². The third-order valence-corrected chi connectivity index (χ3v) is 4.49. The SMILES string of the molecule is C[C@H]1C[C@H](OC=O)C(C)(C)C1(C)C. The molecule has 2 heteroatoms. The number of hydrogen-bond acceptors (Lipinski definition) is 2. The minimum absolute atomic E-state index is 0.0767. The Morgan fingerprint density at radius 2 is 1.77 bits per heavy atom. The summed E-state index contributed by atoms with van der Waals surface area (Å²) in [5.74, 6) is 0.604. The van der Waals surface area contributed by atoms with E-state index in [0.29, 0.717) is 12.4 Å². The third kappa shape index (κ3) is 1.36. The van der Waals surface area contributed by atoms with Crippen LogP contribution in [0.3, 0.4) is 0 Å². The standard InChI is InChI=1S/C11H20O2/c1-8-6-9(13-7-12)11(4,5)10(8,2)3/h7-9H,6H2,1-5H3/t8-,9-/m0/s1. The van der Waals surface area contributed by atoms with Gasteiger partial charge in [-0.3, -0.25) is 4.79 Å². The summed E-state index contributed by atoms with van der Waals surface area (Å²) in [5, 5.41) is 0. The Kier molecular flexibility index (Phi) is 2.44. The fraction of sp³-hybridized carbons (Fsp3) is 0.909. The molecule has 76 valence electrons. The summed E-state index contributed by atoms with van der Waals surface area (Å²) < 4.78 is 5.14. The van der Waals surface area contributed by atoms with Gasteiger partial charge in [-0.15, -0.1) is 0 Å². The van der Waals surface area contributed by atoms with Crippen LogP contribution in [0.2, 0.25) is 0 Å². The summed E-state index contributed by atoms with van der Waals surface area (Å²) in [6.07, 6.45) is 1.06. The molecule has 0 N–H and O–H groups in total. The smallest absolute Gasteiger partial charge is 0.293 e. The second kappa shape index (κ2) is 3.00. The first kappa shape index (κ1) is 10.6. The highest BCUT2D eigenvalue weighted by molar-refractivity contribution is 5.38. The second-order valence-corrected chi connectivity index (χ2v) is 5.30. The lowest BCUT2D eigenvalue weighted by atomic mass is 9.67. The fourth-order valence-corrected chi connectivity index (χ4v) is 2.25. The minimum Gasteiger partial charge on any atom is -0.464 e. The monoisotopic (exact) mass is 184 g/mol. The van der Waals surface area contributed by atoms with Crippen LogP contribution in [0.15, 0.2) is 0 Å². The van der Waals surface area contributed by atoms with Crippen molar-refractivity contribution >= 4 is 6.47 Å². The molecule has 1 fully saturated rings. The Hall–Kier alpha value is -0.530. The van der Waals surface area contributed by atoms with Gasteiger partial charge in [-0.05, 0) is 17.8 Å². The van der Waals surface area contributed by atoms with Gasteiger partial charge in [-0.1, -0.05) is 34.6 Å². The molecule has 0 heterocycles. The van der Waals surface area contributed by atoms with Gasteiger partial charge in [0.25, 0.3) is 6.47 Å². The Bertz CT molecular complexity index is 206. The predicted octanol–water partition coefficient (Wildman–Crippen LogP) is 2.62. The van der Waals surface area contributed by atoms with Gasteiger partial charge < -0.3 is 4.74 Å². The van der Waals surface area contributed by atoms with Crippen LogP contribution in [0.5, 0.6) is 0 Å². The van der Waals surface area contributed by atoms with Gasteiger partial charge >= 0.3 is 0 Å². The Balaban J connectivity index is 2.89. The molecule has 0 aromatic carbocycles. The topological polar surface area (TPSA) is 26.3 Å². The molecule has 0 spiro atoms. The van der Waals surface area contributed by atoms with Crippen molar-refractivity contribution in [3.63, 3.8) is 0 Å². The first-order valence-electron chi connectivity index (χ1n) is 4.93. The number of carbonyl (C=O) groups excluding carboxylic acids is 1. The molecule has 0 aliphatic heterocycles. The maximum atomic E-state index is 10.3. The van der Waals surface area contributed by atoms with Crippen molar-refractivity contribution in [2.24, 2.45) is 16.7 Å². The Morgan fingerprint density at radius 1 is 1.23 bits per heavy atom. The molecule has 0 saturated heterocycles. The normalized spacial score (nSPS) is 35.8. The van der Waals surface area contributed by atoms with Gasteiger partial charge in [0.2, 0.25) is 0 Å². The third-order valence-electron chi connectivity index (χ3n) is 4.49. The highest BCUT2D eigenvalue weighted by Gasteiger charge is 2.54. The molecule has 0 unspecified atom stereocenters. The average molecular weight is 184 g/mol. The van der Waals surface area contributed by atoms with Gasteiger partial charge in [-0.25, -0.2) is 0 Å². The van der Waals surface area contributed by atoms with Gasteiger partial charge in [-0.2, -0.15) is 0 Å². The average Bonchev–Trinajstić information content (AvgIpc) is 2.14. The fourth-order valence-electron chi connectivity index (χ4n) is 2.25. The van der Waals surface area contributed by atoms with Crippen molar-refractivity contribution in [3.8, 4) is 0 Å². The lowest BCUT2D eigenvalue weighted by Crippen LogP contribution is -2.37.